The zero-order valence-corrected chi connectivity index (χ0v) is 9.54. The van der Waals surface area contributed by atoms with Gasteiger partial charge in [0, 0.05) is 12.6 Å². The number of hydrogen-bond donors (Lipinski definition) is 1. The standard InChI is InChI=1S/C9H11BrN2O2/c1-12(11)9(13)6-3-4-8(14-2)7(10)5-6/h3-5H,11H2,1-2H3. The van der Waals surface area contributed by atoms with E-state index in [9.17, 15) is 4.79 Å². The van der Waals surface area contributed by atoms with Crippen molar-refractivity contribution in [2.24, 2.45) is 5.84 Å². The Morgan fingerprint density at radius 1 is 1.57 bits per heavy atom. The summed E-state index contributed by atoms with van der Waals surface area (Å²) in [4.78, 5) is 11.4. The summed E-state index contributed by atoms with van der Waals surface area (Å²) in [5.74, 6) is 5.77. The molecule has 0 aliphatic carbocycles. The Bertz CT molecular complexity index is 353. The summed E-state index contributed by atoms with van der Waals surface area (Å²) < 4.78 is 5.77. The van der Waals surface area contributed by atoms with E-state index < -0.39 is 0 Å². The van der Waals surface area contributed by atoms with Gasteiger partial charge in [0.15, 0.2) is 0 Å². The Labute approximate surface area is 90.7 Å². The number of halogens is 1. The molecule has 1 aromatic rings. The second-order valence-corrected chi connectivity index (χ2v) is 3.62. The first-order valence-electron chi connectivity index (χ1n) is 3.92. The van der Waals surface area contributed by atoms with Crippen LogP contribution in [0.1, 0.15) is 10.4 Å². The van der Waals surface area contributed by atoms with E-state index in [0.29, 0.717) is 11.3 Å². The third-order valence-corrected chi connectivity index (χ3v) is 2.34. The molecule has 0 fully saturated rings. The van der Waals surface area contributed by atoms with Crippen molar-refractivity contribution in [2.75, 3.05) is 14.2 Å². The summed E-state index contributed by atoms with van der Waals surface area (Å²) in [5.41, 5.74) is 0.516. The summed E-state index contributed by atoms with van der Waals surface area (Å²) in [6.45, 7) is 0. The van der Waals surface area contributed by atoms with Crippen LogP contribution in [0.25, 0.3) is 0 Å². The van der Waals surface area contributed by atoms with Crippen LogP contribution in [0, 0.1) is 0 Å². The molecule has 0 aliphatic rings. The maximum absolute atomic E-state index is 11.4. The Kier molecular flexibility index (Phi) is 3.49. The van der Waals surface area contributed by atoms with Crippen molar-refractivity contribution in [3.8, 4) is 5.75 Å². The largest absolute Gasteiger partial charge is 0.496 e. The fraction of sp³-hybridized carbons (Fsp3) is 0.222. The first kappa shape index (κ1) is 11.0. The van der Waals surface area contributed by atoms with Crippen LogP contribution in [0.15, 0.2) is 22.7 Å². The first-order chi connectivity index (χ1) is 6.56. The summed E-state index contributed by atoms with van der Waals surface area (Å²) in [6.07, 6.45) is 0. The van der Waals surface area contributed by atoms with Gasteiger partial charge < -0.3 is 4.74 Å². The second-order valence-electron chi connectivity index (χ2n) is 2.77. The molecule has 1 amide bonds. The van der Waals surface area contributed by atoms with E-state index in [1.54, 1.807) is 25.3 Å². The van der Waals surface area contributed by atoms with Crippen molar-refractivity contribution in [3.05, 3.63) is 28.2 Å². The highest BCUT2D eigenvalue weighted by Crippen LogP contribution is 2.25. The maximum Gasteiger partial charge on any atom is 0.267 e. The van der Waals surface area contributed by atoms with E-state index in [1.165, 1.54) is 7.05 Å². The number of rotatable bonds is 2. The Balaban J connectivity index is 3.03. The molecule has 0 heterocycles. The third-order valence-electron chi connectivity index (χ3n) is 1.72. The predicted molar refractivity (Wildman–Crippen MR) is 57.0 cm³/mol. The molecule has 5 heteroatoms. The molecular formula is C9H11BrN2O2. The number of benzene rings is 1. The molecular weight excluding hydrogens is 248 g/mol. The zero-order valence-electron chi connectivity index (χ0n) is 7.95. The number of nitrogens with zero attached hydrogens (tertiary/aromatic N) is 1. The molecule has 2 N–H and O–H groups in total. The van der Waals surface area contributed by atoms with Gasteiger partial charge in [0.05, 0.1) is 11.6 Å². The predicted octanol–water partition coefficient (Wildman–Crippen LogP) is 1.40. The quantitative estimate of drug-likeness (QED) is 0.496. The lowest BCUT2D eigenvalue weighted by atomic mass is 10.2. The summed E-state index contributed by atoms with van der Waals surface area (Å²) in [7, 11) is 3.07. The lowest BCUT2D eigenvalue weighted by Crippen LogP contribution is -2.33. The minimum atomic E-state index is -0.242. The van der Waals surface area contributed by atoms with Gasteiger partial charge in [-0.3, -0.25) is 9.80 Å². The molecule has 0 spiro atoms. The molecule has 0 unspecified atom stereocenters. The van der Waals surface area contributed by atoms with Crippen LogP contribution in [-0.2, 0) is 0 Å². The van der Waals surface area contributed by atoms with Crippen LogP contribution in [0.4, 0.5) is 0 Å². The molecule has 0 saturated carbocycles. The fourth-order valence-electron chi connectivity index (χ4n) is 1.00. The van der Waals surface area contributed by atoms with Gasteiger partial charge in [0.1, 0.15) is 5.75 Å². The molecule has 0 aliphatic heterocycles. The van der Waals surface area contributed by atoms with Gasteiger partial charge in [0.2, 0.25) is 0 Å². The SMILES string of the molecule is COc1ccc(C(=O)N(C)N)cc1Br. The van der Waals surface area contributed by atoms with Crippen LogP contribution in [0.3, 0.4) is 0 Å². The number of carbonyl (C=O) groups excluding carboxylic acids is 1. The summed E-state index contributed by atoms with van der Waals surface area (Å²) >= 11 is 3.29. The van der Waals surface area contributed by atoms with Crippen LogP contribution >= 0.6 is 15.9 Å². The smallest absolute Gasteiger partial charge is 0.267 e. The first-order valence-corrected chi connectivity index (χ1v) is 4.72. The molecule has 0 atom stereocenters. The molecule has 0 radical (unpaired) electrons. The van der Waals surface area contributed by atoms with Crippen molar-refractivity contribution in [1.82, 2.24) is 5.01 Å². The number of nitrogens with two attached hydrogens (primary N) is 1. The number of ether oxygens (including phenoxy) is 1. The number of hydrogen-bond acceptors (Lipinski definition) is 3. The highest BCUT2D eigenvalue weighted by molar-refractivity contribution is 9.10. The maximum atomic E-state index is 11.4. The Morgan fingerprint density at radius 3 is 2.64 bits per heavy atom. The van der Waals surface area contributed by atoms with Gasteiger partial charge in [0.25, 0.3) is 5.91 Å². The molecule has 0 bridgehead atoms. The van der Waals surface area contributed by atoms with Gasteiger partial charge in [-0.25, -0.2) is 5.84 Å². The normalized spacial score (nSPS) is 9.71. The van der Waals surface area contributed by atoms with Crippen molar-refractivity contribution in [1.29, 1.82) is 0 Å². The van der Waals surface area contributed by atoms with Gasteiger partial charge in [-0.15, -0.1) is 0 Å². The number of hydrazine groups is 1. The van der Waals surface area contributed by atoms with E-state index in [4.69, 9.17) is 10.6 Å². The lowest BCUT2D eigenvalue weighted by molar-refractivity contribution is 0.0795. The van der Waals surface area contributed by atoms with Crippen LogP contribution in [0.5, 0.6) is 5.75 Å². The molecule has 1 aromatic carbocycles. The van der Waals surface area contributed by atoms with Crippen LogP contribution in [-0.4, -0.2) is 25.1 Å². The minimum absolute atomic E-state index is 0.242. The van der Waals surface area contributed by atoms with Crippen molar-refractivity contribution in [2.45, 2.75) is 0 Å². The zero-order chi connectivity index (χ0) is 10.7. The van der Waals surface area contributed by atoms with E-state index in [-0.39, 0.29) is 5.91 Å². The molecule has 76 valence electrons. The van der Waals surface area contributed by atoms with Gasteiger partial charge in [-0.05, 0) is 34.1 Å². The van der Waals surface area contributed by atoms with Crippen LogP contribution < -0.4 is 10.6 Å². The average molecular weight is 259 g/mol. The number of methoxy groups -OCH3 is 1. The fourth-order valence-corrected chi connectivity index (χ4v) is 1.54. The summed E-state index contributed by atoms with van der Waals surface area (Å²) in [5, 5.41) is 1.04. The van der Waals surface area contributed by atoms with Crippen molar-refractivity contribution >= 4 is 21.8 Å². The molecule has 4 nitrogen and oxygen atoms in total. The lowest BCUT2D eigenvalue weighted by Gasteiger charge is -2.10. The Morgan fingerprint density at radius 2 is 2.21 bits per heavy atom. The highest BCUT2D eigenvalue weighted by Gasteiger charge is 2.10. The van der Waals surface area contributed by atoms with Crippen LogP contribution in [0.2, 0.25) is 0 Å². The summed E-state index contributed by atoms with van der Waals surface area (Å²) in [6, 6.07) is 5.04. The van der Waals surface area contributed by atoms with E-state index in [1.807, 2.05) is 0 Å². The van der Waals surface area contributed by atoms with Gasteiger partial charge in [-0.1, -0.05) is 0 Å². The van der Waals surface area contributed by atoms with Gasteiger partial charge in [-0.2, -0.15) is 0 Å². The number of carbonyl (C=O) groups is 1. The number of amides is 1. The van der Waals surface area contributed by atoms with E-state index in [2.05, 4.69) is 15.9 Å². The monoisotopic (exact) mass is 258 g/mol. The second kappa shape index (κ2) is 4.43. The van der Waals surface area contributed by atoms with Crippen molar-refractivity contribution in [3.63, 3.8) is 0 Å². The average Bonchev–Trinajstić information content (AvgIpc) is 2.16. The third kappa shape index (κ3) is 2.24. The molecule has 0 aromatic heterocycles. The minimum Gasteiger partial charge on any atom is -0.496 e. The van der Waals surface area contributed by atoms with E-state index >= 15 is 0 Å². The Hall–Kier alpha value is -1.07. The molecule has 14 heavy (non-hydrogen) atoms. The molecule has 1 rings (SSSR count). The van der Waals surface area contributed by atoms with Gasteiger partial charge >= 0.3 is 0 Å². The highest BCUT2D eigenvalue weighted by atomic mass is 79.9. The molecule has 0 saturated heterocycles. The topological polar surface area (TPSA) is 55.6 Å². The van der Waals surface area contributed by atoms with E-state index in [0.717, 1.165) is 9.48 Å². The van der Waals surface area contributed by atoms with Crippen molar-refractivity contribution < 1.29 is 9.53 Å².